The van der Waals surface area contributed by atoms with Crippen LogP contribution in [0.5, 0.6) is 0 Å². The predicted molar refractivity (Wildman–Crippen MR) is 109 cm³/mol. The molecule has 1 unspecified atom stereocenters. The first-order valence-corrected chi connectivity index (χ1v) is 11.6. The van der Waals surface area contributed by atoms with Crippen molar-refractivity contribution >= 4 is 44.9 Å². The summed E-state index contributed by atoms with van der Waals surface area (Å²) in [7, 11) is 0. The zero-order chi connectivity index (χ0) is 18.4. The summed E-state index contributed by atoms with van der Waals surface area (Å²) >= 11 is 3.27. The van der Waals surface area contributed by atoms with Crippen LogP contribution in [0.2, 0.25) is 0 Å². The highest BCUT2D eigenvalue weighted by molar-refractivity contribution is 7.99. The van der Waals surface area contributed by atoms with Crippen LogP contribution in [0, 0.1) is 0 Å². The summed E-state index contributed by atoms with van der Waals surface area (Å²) in [6, 6.07) is 0.348. The highest BCUT2D eigenvalue weighted by Crippen LogP contribution is 2.37. The van der Waals surface area contributed by atoms with Crippen LogP contribution in [0.4, 0.5) is 0 Å². The van der Waals surface area contributed by atoms with E-state index in [1.165, 1.54) is 46.9 Å². The van der Waals surface area contributed by atoms with Crippen LogP contribution in [0.3, 0.4) is 0 Å². The molecule has 1 aliphatic heterocycles. The summed E-state index contributed by atoms with van der Waals surface area (Å²) in [5.74, 6) is 0.608. The van der Waals surface area contributed by atoms with Gasteiger partial charge in [0.2, 0.25) is 5.91 Å². The van der Waals surface area contributed by atoms with Crippen LogP contribution in [-0.2, 0) is 17.6 Å². The van der Waals surface area contributed by atoms with Crippen LogP contribution in [-0.4, -0.2) is 48.7 Å². The van der Waals surface area contributed by atoms with Gasteiger partial charge in [-0.3, -0.25) is 9.20 Å². The van der Waals surface area contributed by atoms with Crippen molar-refractivity contribution in [2.24, 2.45) is 0 Å². The Bertz CT molecular complexity index is 1010. The number of piperidine rings is 1. The third-order valence-electron chi connectivity index (χ3n) is 5.78. The number of likely N-dealkylation sites (tertiary alicyclic amines) is 1. The van der Waals surface area contributed by atoms with Gasteiger partial charge in [-0.25, -0.2) is 4.98 Å². The fourth-order valence-electron chi connectivity index (χ4n) is 4.31. The fraction of sp³-hybridized carbons (Fsp3) is 0.579. The maximum Gasteiger partial charge on any atom is 0.233 e. The number of rotatable bonds is 3. The molecular weight excluding hydrogens is 378 g/mol. The molecule has 2 aliphatic rings. The molecule has 8 heteroatoms. The Morgan fingerprint density at radius 2 is 2.15 bits per heavy atom. The summed E-state index contributed by atoms with van der Waals surface area (Å²) in [5.41, 5.74) is 2.31. The van der Waals surface area contributed by atoms with E-state index in [4.69, 9.17) is 0 Å². The normalized spacial score (nSPS) is 20.3. The molecule has 4 heterocycles. The molecule has 3 aromatic rings. The van der Waals surface area contributed by atoms with Gasteiger partial charge in [0.25, 0.3) is 0 Å². The summed E-state index contributed by atoms with van der Waals surface area (Å²) in [4.78, 5) is 21.9. The first-order chi connectivity index (χ1) is 13.2. The molecule has 27 heavy (non-hydrogen) atoms. The monoisotopic (exact) mass is 401 g/mol. The second kappa shape index (κ2) is 7.05. The lowest BCUT2D eigenvalue weighted by atomic mass is 9.97. The first kappa shape index (κ1) is 17.4. The van der Waals surface area contributed by atoms with Crippen molar-refractivity contribution in [2.45, 2.75) is 63.1 Å². The van der Waals surface area contributed by atoms with Gasteiger partial charge in [0, 0.05) is 17.5 Å². The Kier molecular flexibility index (Phi) is 4.55. The Labute approximate surface area is 166 Å². The SMILES string of the molecule is CC1CCCCN1C(=O)CSc1nnc2c3c4c(sc3ncn12)CCCC4. The zero-order valence-electron chi connectivity index (χ0n) is 15.5. The summed E-state index contributed by atoms with van der Waals surface area (Å²) < 4.78 is 1.96. The molecule has 0 aromatic carbocycles. The highest BCUT2D eigenvalue weighted by Gasteiger charge is 2.24. The number of carbonyl (C=O) groups is 1. The number of carbonyl (C=O) groups excluding carboxylic acids is 1. The number of thioether (sulfide) groups is 1. The van der Waals surface area contributed by atoms with E-state index in [9.17, 15) is 4.79 Å². The maximum atomic E-state index is 12.6. The minimum atomic E-state index is 0.200. The number of hydrogen-bond donors (Lipinski definition) is 0. The Morgan fingerprint density at radius 3 is 3.04 bits per heavy atom. The molecule has 1 atom stereocenters. The van der Waals surface area contributed by atoms with E-state index >= 15 is 0 Å². The van der Waals surface area contributed by atoms with Crippen molar-refractivity contribution in [2.75, 3.05) is 12.3 Å². The Morgan fingerprint density at radius 1 is 1.26 bits per heavy atom. The third-order valence-corrected chi connectivity index (χ3v) is 7.91. The quantitative estimate of drug-likeness (QED) is 0.626. The first-order valence-electron chi connectivity index (χ1n) is 9.78. The molecule has 1 saturated heterocycles. The highest BCUT2D eigenvalue weighted by atomic mass is 32.2. The van der Waals surface area contributed by atoms with E-state index in [-0.39, 0.29) is 5.91 Å². The molecule has 3 aromatic heterocycles. The lowest BCUT2D eigenvalue weighted by Crippen LogP contribution is -2.42. The van der Waals surface area contributed by atoms with Gasteiger partial charge in [-0.2, -0.15) is 0 Å². The molecule has 1 fully saturated rings. The average Bonchev–Trinajstić information content (AvgIpc) is 3.27. The van der Waals surface area contributed by atoms with Gasteiger partial charge in [-0.1, -0.05) is 11.8 Å². The lowest BCUT2D eigenvalue weighted by Gasteiger charge is -2.33. The average molecular weight is 402 g/mol. The molecule has 0 radical (unpaired) electrons. The van der Waals surface area contributed by atoms with Crippen molar-refractivity contribution in [1.82, 2.24) is 24.5 Å². The number of aromatic nitrogens is 4. The molecule has 5 rings (SSSR count). The summed E-state index contributed by atoms with van der Waals surface area (Å²) in [5, 5.41) is 10.8. The second-order valence-electron chi connectivity index (χ2n) is 7.53. The number of amides is 1. The van der Waals surface area contributed by atoms with Crippen LogP contribution in [0.25, 0.3) is 15.9 Å². The fourth-order valence-corrected chi connectivity index (χ4v) is 6.32. The predicted octanol–water partition coefficient (Wildman–Crippen LogP) is 3.71. The van der Waals surface area contributed by atoms with E-state index in [0.29, 0.717) is 11.8 Å². The number of nitrogens with zero attached hydrogens (tertiary/aromatic N) is 5. The number of fused-ring (bicyclic) bond motifs is 5. The Balaban J connectivity index is 1.42. The van der Waals surface area contributed by atoms with E-state index < -0.39 is 0 Å². The minimum absolute atomic E-state index is 0.200. The number of aryl methyl sites for hydroxylation is 2. The van der Waals surface area contributed by atoms with Gasteiger partial charge in [-0.05, 0) is 57.4 Å². The van der Waals surface area contributed by atoms with Gasteiger partial charge in [0.05, 0.1) is 11.1 Å². The molecule has 6 nitrogen and oxygen atoms in total. The third kappa shape index (κ3) is 3.02. The lowest BCUT2D eigenvalue weighted by molar-refractivity contribution is -0.131. The molecule has 0 N–H and O–H groups in total. The second-order valence-corrected chi connectivity index (χ2v) is 9.56. The molecule has 0 spiro atoms. The molecule has 1 amide bonds. The van der Waals surface area contributed by atoms with Crippen LogP contribution < -0.4 is 0 Å². The molecule has 0 saturated carbocycles. The van der Waals surface area contributed by atoms with Crippen molar-refractivity contribution in [3.8, 4) is 0 Å². The maximum absolute atomic E-state index is 12.6. The van der Waals surface area contributed by atoms with Gasteiger partial charge in [0.15, 0.2) is 10.8 Å². The van der Waals surface area contributed by atoms with Crippen LogP contribution >= 0.6 is 23.1 Å². The van der Waals surface area contributed by atoms with E-state index in [1.807, 2.05) is 15.6 Å². The van der Waals surface area contributed by atoms with Crippen molar-refractivity contribution in [3.05, 3.63) is 16.8 Å². The molecular formula is C19H23N5OS2. The standard InChI is InChI=1S/C19H23N5OS2/c1-12-6-4-5-9-23(12)15(25)10-26-19-22-21-17-16-13-7-2-3-8-14(13)27-18(16)20-11-24(17)19/h11-12H,2-10H2,1H3. The number of thiophene rings is 1. The largest absolute Gasteiger partial charge is 0.339 e. The zero-order valence-corrected chi connectivity index (χ0v) is 17.1. The molecule has 1 aliphatic carbocycles. The summed E-state index contributed by atoms with van der Waals surface area (Å²) in [6.07, 6.45) is 10.0. The van der Waals surface area contributed by atoms with E-state index in [0.717, 1.165) is 47.9 Å². The van der Waals surface area contributed by atoms with Gasteiger partial charge in [0.1, 0.15) is 11.2 Å². The number of hydrogen-bond acceptors (Lipinski definition) is 6. The molecule has 0 bridgehead atoms. The van der Waals surface area contributed by atoms with Gasteiger partial charge in [-0.15, -0.1) is 21.5 Å². The van der Waals surface area contributed by atoms with Crippen molar-refractivity contribution in [3.63, 3.8) is 0 Å². The van der Waals surface area contributed by atoms with Crippen molar-refractivity contribution < 1.29 is 4.79 Å². The summed E-state index contributed by atoms with van der Waals surface area (Å²) in [6.45, 7) is 3.03. The van der Waals surface area contributed by atoms with Crippen molar-refractivity contribution in [1.29, 1.82) is 0 Å². The van der Waals surface area contributed by atoms with Gasteiger partial charge >= 0.3 is 0 Å². The topological polar surface area (TPSA) is 63.4 Å². The van der Waals surface area contributed by atoms with Crippen LogP contribution in [0.1, 0.15) is 49.5 Å². The van der Waals surface area contributed by atoms with E-state index in [1.54, 1.807) is 11.3 Å². The Hall–Kier alpha value is -1.67. The molecule has 142 valence electrons. The van der Waals surface area contributed by atoms with Crippen LogP contribution in [0.15, 0.2) is 11.5 Å². The van der Waals surface area contributed by atoms with E-state index in [2.05, 4.69) is 22.1 Å². The minimum Gasteiger partial charge on any atom is -0.339 e. The smallest absolute Gasteiger partial charge is 0.233 e. The van der Waals surface area contributed by atoms with Gasteiger partial charge < -0.3 is 4.90 Å².